The Labute approximate surface area is 195 Å². The molecule has 3 N–H and O–H groups in total. The molecule has 0 radical (unpaired) electrons. The van der Waals surface area contributed by atoms with Crippen molar-refractivity contribution in [3.63, 3.8) is 0 Å². The fourth-order valence-electron chi connectivity index (χ4n) is 2.21. The summed E-state index contributed by atoms with van der Waals surface area (Å²) in [4.78, 5) is 24.8. The highest BCUT2D eigenvalue weighted by Crippen LogP contribution is 2.17. The number of anilines is 1. The molecule has 0 aliphatic heterocycles. The number of sulfonamides is 2. The van der Waals surface area contributed by atoms with Crippen molar-refractivity contribution in [1.29, 1.82) is 0 Å². The lowest BCUT2D eigenvalue weighted by molar-refractivity contribution is -0.117. The topological polar surface area (TPSA) is 183 Å². The van der Waals surface area contributed by atoms with Gasteiger partial charge in [-0.1, -0.05) is 11.3 Å². The van der Waals surface area contributed by atoms with Gasteiger partial charge in [0.15, 0.2) is 0 Å². The summed E-state index contributed by atoms with van der Waals surface area (Å²) in [6, 6.07) is 5.12. The number of hydrogen-bond donors (Lipinski definition) is 2. The zero-order valence-corrected chi connectivity index (χ0v) is 20.9. The van der Waals surface area contributed by atoms with Crippen molar-refractivity contribution in [2.75, 3.05) is 18.9 Å². The van der Waals surface area contributed by atoms with E-state index >= 15 is 0 Å². The van der Waals surface area contributed by atoms with Crippen LogP contribution < -0.4 is 15.3 Å². The average Bonchev–Trinajstić information content (AvgIpc) is 3.01. The highest BCUT2D eigenvalue weighted by Gasteiger charge is 2.21. The van der Waals surface area contributed by atoms with Crippen LogP contribution in [0.4, 0.5) is 10.5 Å². The van der Waals surface area contributed by atoms with Gasteiger partial charge in [0.2, 0.25) is 15.0 Å². The average molecular weight is 521 g/mol. The summed E-state index contributed by atoms with van der Waals surface area (Å²) in [5.41, 5.74) is -0.415. The highest BCUT2D eigenvalue weighted by atomic mass is 32.2. The van der Waals surface area contributed by atoms with Gasteiger partial charge in [0, 0.05) is 19.8 Å². The van der Waals surface area contributed by atoms with E-state index in [1.165, 1.54) is 38.4 Å². The molecule has 0 saturated heterocycles. The minimum atomic E-state index is -4.20. The van der Waals surface area contributed by atoms with Crippen molar-refractivity contribution >= 4 is 49.1 Å². The van der Waals surface area contributed by atoms with Gasteiger partial charge in [0.1, 0.15) is 12.1 Å². The van der Waals surface area contributed by atoms with Crippen molar-refractivity contribution in [3.05, 3.63) is 29.1 Å². The van der Waals surface area contributed by atoms with Crippen LogP contribution in [0.1, 0.15) is 20.8 Å². The number of primary sulfonamides is 1. The number of rotatable bonds is 6. The van der Waals surface area contributed by atoms with Crippen LogP contribution in [0.25, 0.3) is 0 Å². The van der Waals surface area contributed by atoms with E-state index in [1.807, 2.05) is 0 Å². The van der Waals surface area contributed by atoms with Gasteiger partial charge in [0.05, 0.1) is 4.90 Å². The van der Waals surface area contributed by atoms with Crippen LogP contribution in [0.3, 0.4) is 0 Å². The molecular weight excluding hydrogens is 496 g/mol. The molecule has 0 aliphatic carbocycles. The molecule has 0 aliphatic rings. The Hall–Kier alpha value is -2.82. The third kappa shape index (κ3) is 7.62. The zero-order chi connectivity index (χ0) is 25.2. The van der Waals surface area contributed by atoms with Crippen molar-refractivity contribution < 1.29 is 31.2 Å². The summed E-state index contributed by atoms with van der Waals surface area (Å²) >= 11 is 0.504. The molecular formula is C17H24N6O7S3. The van der Waals surface area contributed by atoms with Gasteiger partial charge >= 0.3 is 6.09 Å². The van der Waals surface area contributed by atoms with Crippen molar-refractivity contribution in [1.82, 2.24) is 14.7 Å². The van der Waals surface area contributed by atoms with Crippen LogP contribution in [0, 0.1) is 0 Å². The molecule has 2 aromatic rings. The molecule has 182 valence electrons. The van der Waals surface area contributed by atoms with Crippen LogP contribution in [-0.2, 0) is 36.6 Å². The summed E-state index contributed by atoms with van der Waals surface area (Å²) in [5, 5.41) is 11.2. The molecule has 1 aromatic carbocycles. The van der Waals surface area contributed by atoms with E-state index in [2.05, 4.69) is 14.8 Å². The molecule has 0 spiro atoms. The number of amides is 2. The second-order valence-corrected chi connectivity index (χ2v) is 12.1. The summed E-state index contributed by atoms with van der Waals surface area (Å²) in [7, 11) is -5.58. The first-order valence-corrected chi connectivity index (χ1v) is 13.0. The molecule has 1 aromatic heterocycles. The molecule has 2 rings (SSSR count). The smallest absolute Gasteiger partial charge is 0.410 e. The van der Waals surface area contributed by atoms with Gasteiger partial charge in [0.25, 0.3) is 20.0 Å². The predicted octanol–water partition coefficient (Wildman–Crippen LogP) is 0.224. The normalized spacial score (nSPS) is 13.0. The summed E-state index contributed by atoms with van der Waals surface area (Å²) in [5.74, 6) is -0.518. The van der Waals surface area contributed by atoms with Crippen LogP contribution in [0.5, 0.6) is 0 Å². The Balaban J connectivity index is 2.13. The van der Waals surface area contributed by atoms with E-state index in [4.69, 9.17) is 9.88 Å². The Morgan fingerprint density at radius 3 is 2.27 bits per heavy atom. The standard InChI is InChI=1S/C17H24N6O7S3/c1-17(2,3)30-16(25)22(4)10-13(24)19-11-6-8-12(9-7-11)33(28,29)21-14-23(5)20-15(31-14)32(18,26)27/h6-9H,10H2,1-5H3,(H,19,24)(H2,18,26,27)/b21-14-. The third-order valence-electron chi connectivity index (χ3n) is 3.65. The lowest BCUT2D eigenvalue weighted by atomic mass is 10.2. The molecule has 13 nitrogen and oxygen atoms in total. The lowest BCUT2D eigenvalue weighted by Gasteiger charge is -2.24. The molecule has 2 amide bonds. The summed E-state index contributed by atoms with van der Waals surface area (Å²) < 4.78 is 57.1. The van der Waals surface area contributed by atoms with E-state index < -0.39 is 42.0 Å². The largest absolute Gasteiger partial charge is 0.444 e. The first-order valence-electron chi connectivity index (χ1n) is 9.20. The maximum absolute atomic E-state index is 12.6. The van der Waals surface area contributed by atoms with E-state index in [1.54, 1.807) is 20.8 Å². The molecule has 0 bridgehead atoms. The number of likely N-dealkylation sites (N-methyl/N-ethyl adjacent to an activating group) is 1. The van der Waals surface area contributed by atoms with Gasteiger partial charge in [-0.05, 0) is 45.0 Å². The fourth-order valence-corrected chi connectivity index (χ4v) is 4.98. The molecule has 0 unspecified atom stereocenters. The number of benzene rings is 1. The fraction of sp³-hybridized carbons (Fsp3) is 0.412. The minimum absolute atomic E-state index is 0.193. The maximum Gasteiger partial charge on any atom is 0.410 e. The van der Waals surface area contributed by atoms with Crippen molar-refractivity contribution in [2.24, 2.45) is 16.6 Å². The van der Waals surface area contributed by atoms with Crippen molar-refractivity contribution in [3.8, 4) is 0 Å². The maximum atomic E-state index is 12.6. The van der Waals surface area contributed by atoms with Gasteiger partial charge in [-0.3, -0.25) is 4.79 Å². The third-order valence-corrected chi connectivity index (χ3v) is 7.36. The van der Waals surface area contributed by atoms with Gasteiger partial charge < -0.3 is 15.0 Å². The molecule has 0 atom stereocenters. The minimum Gasteiger partial charge on any atom is -0.444 e. The van der Waals surface area contributed by atoms with E-state index in [0.717, 1.165) is 9.58 Å². The number of ether oxygens (including phenoxy) is 1. The quantitative estimate of drug-likeness (QED) is 0.542. The lowest BCUT2D eigenvalue weighted by Crippen LogP contribution is -2.38. The van der Waals surface area contributed by atoms with Crippen LogP contribution in [-0.4, -0.2) is 62.7 Å². The van der Waals surface area contributed by atoms with Crippen LogP contribution >= 0.6 is 11.3 Å². The van der Waals surface area contributed by atoms with Crippen LogP contribution in [0.15, 0.2) is 37.9 Å². The summed E-state index contributed by atoms with van der Waals surface area (Å²) in [6.45, 7) is 4.83. The molecule has 16 heteroatoms. The van der Waals surface area contributed by atoms with E-state index in [0.29, 0.717) is 11.3 Å². The number of nitrogens with two attached hydrogens (primary N) is 1. The Kier molecular flexibility index (Phi) is 7.67. The number of aryl methyl sites for hydroxylation is 1. The number of aromatic nitrogens is 2. The Morgan fingerprint density at radius 2 is 1.79 bits per heavy atom. The Morgan fingerprint density at radius 1 is 1.21 bits per heavy atom. The predicted molar refractivity (Wildman–Crippen MR) is 119 cm³/mol. The number of nitrogens with zero attached hydrogens (tertiary/aromatic N) is 4. The SMILES string of the molecule is CN(CC(=O)Nc1ccc(S(=O)(=O)/N=c2\sc(S(N)(=O)=O)nn2C)cc1)C(=O)OC(C)(C)C. The Bertz CT molecular complexity index is 1320. The van der Waals surface area contributed by atoms with Gasteiger partial charge in [-0.2, -0.15) is 8.42 Å². The number of nitrogens with one attached hydrogen (secondary N) is 1. The second kappa shape index (κ2) is 9.58. The van der Waals surface area contributed by atoms with Crippen LogP contribution in [0.2, 0.25) is 0 Å². The van der Waals surface area contributed by atoms with E-state index in [-0.39, 0.29) is 21.9 Å². The van der Waals surface area contributed by atoms with Gasteiger partial charge in [-0.15, -0.1) is 9.50 Å². The first kappa shape index (κ1) is 26.4. The number of carbonyl (C=O) groups is 2. The first-order chi connectivity index (χ1) is 15.0. The summed E-state index contributed by atoms with van der Waals surface area (Å²) in [6.07, 6.45) is -0.664. The molecule has 0 fully saturated rings. The highest BCUT2D eigenvalue weighted by molar-refractivity contribution is 7.91. The monoisotopic (exact) mass is 520 g/mol. The number of carbonyl (C=O) groups excluding carboxylic acids is 2. The van der Waals surface area contributed by atoms with Gasteiger partial charge in [-0.25, -0.2) is 23.0 Å². The molecule has 0 saturated carbocycles. The molecule has 1 heterocycles. The number of hydrogen-bond acceptors (Lipinski definition) is 9. The molecule has 33 heavy (non-hydrogen) atoms. The van der Waals surface area contributed by atoms with Crippen molar-refractivity contribution in [2.45, 2.75) is 35.6 Å². The zero-order valence-electron chi connectivity index (χ0n) is 18.5. The second-order valence-electron chi connectivity index (χ2n) is 7.79. The van der Waals surface area contributed by atoms with E-state index in [9.17, 15) is 26.4 Å².